The molecule has 0 saturated carbocycles. The predicted octanol–water partition coefficient (Wildman–Crippen LogP) is 4.35. The van der Waals surface area contributed by atoms with Crippen LogP contribution in [0.2, 0.25) is 0 Å². The summed E-state index contributed by atoms with van der Waals surface area (Å²) >= 11 is 3.51. The lowest BCUT2D eigenvalue weighted by Crippen LogP contribution is -2.43. The Balaban J connectivity index is 2.05. The Hall–Kier alpha value is -0.380. The van der Waals surface area contributed by atoms with Crippen LogP contribution in [0.4, 0.5) is 0 Å². The molecule has 0 bridgehead atoms. The summed E-state index contributed by atoms with van der Waals surface area (Å²) in [7, 11) is 0. The normalized spacial score (nSPS) is 20.8. The van der Waals surface area contributed by atoms with Crippen molar-refractivity contribution in [2.24, 2.45) is 11.7 Å². The Labute approximate surface area is 131 Å². The van der Waals surface area contributed by atoms with Gasteiger partial charge in [-0.2, -0.15) is 0 Å². The van der Waals surface area contributed by atoms with Crippen LogP contribution in [0.3, 0.4) is 0 Å². The zero-order valence-corrected chi connectivity index (χ0v) is 14.3. The Kier molecular flexibility index (Phi) is 6.06. The number of benzene rings is 1. The van der Waals surface area contributed by atoms with Crippen molar-refractivity contribution in [3.63, 3.8) is 0 Å². The second-order valence-corrected chi connectivity index (χ2v) is 7.04. The molecule has 2 N–H and O–H groups in total. The van der Waals surface area contributed by atoms with Crippen molar-refractivity contribution in [2.45, 2.75) is 51.6 Å². The van der Waals surface area contributed by atoms with Crippen molar-refractivity contribution in [3.05, 3.63) is 34.3 Å². The van der Waals surface area contributed by atoms with Crippen LogP contribution in [0.1, 0.15) is 51.1 Å². The minimum atomic E-state index is 0.166. The van der Waals surface area contributed by atoms with Crippen LogP contribution in [-0.4, -0.2) is 24.0 Å². The van der Waals surface area contributed by atoms with Gasteiger partial charge in [0.15, 0.2) is 0 Å². The third-order valence-electron chi connectivity index (χ3n) is 4.45. The van der Waals surface area contributed by atoms with Crippen LogP contribution in [0.15, 0.2) is 28.7 Å². The molecule has 0 amide bonds. The lowest BCUT2D eigenvalue weighted by Gasteiger charge is -2.39. The van der Waals surface area contributed by atoms with E-state index in [4.69, 9.17) is 5.73 Å². The smallest absolute Gasteiger partial charge is 0.0496 e. The van der Waals surface area contributed by atoms with Crippen molar-refractivity contribution >= 4 is 15.9 Å². The molecular weight excluding hydrogens is 312 g/mol. The summed E-state index contributed by atoms with van der Waals surface area (Å²) in [5.74, 6) is 0.926. The molecule has 3 heteroatoms. The number of rotatable bonds is 5. The minimum Gasteiger partial charge on any atom is -0.326 e. The van der Waals surface area contributed by atoms with Crippen LogP contribution in [0, 0.1) is 5.92 Å². The highest BCUT2D eigenvalue weighted by Crippen LogP contribution is 2.30. The molecule has 20 heavy (non-hydrogen) atoms. The maximum atomic E-state index is 6.28. The summed E-state index contributed by atoms with van der Waals surface area (Å²) in [5, 5.41) is 0. The molecule has 1 saturated heterocycles. The second kappa shape index (κ2) is 7.58. The van der Waals surface area contributed by atoms with Crippen LogP contribution in [0.25, 0.3) is 0 Å². The van der Waals surface area contributed by atoms with E-state index in [1.165, 1.54) is 44.3 Å². The first-order valence-corrected chi connectivity index (χ1v) is 8.66. The molecule has 0 aromatic heterocycles. The van der Waals surface area contributed by atoms with Gasteiger partial charge in [-0.1, -0.05) is 47.8 Å². The van der Waals surface area contributed by atoms with Crippen molar-refractivity contribution < 1.29 is 0 Å². The van der Waals surface area contributed by atoms with Crippen LogP contribution in [0.5, 0.6) is 0 Å². The molecule has 0 aliphatic carbocycles. The lowest BCUT2D eigenvalue weighted by atomic mass is 9.89. The van der Waals surface area contributed by atoms with Crippen molar-refractivity contribution in [1.82, 2.24) is 4.90 Å². The first-order chi connectivity index (χ1) is 9.61. The van der Waals surface area contributed by atoms with Gasteiger partial charge in [-0.25, -0.2) is 0 Å². The fourth-order valence-corrected chi connectivity index (χ4v) is 3.70. The van der Waals surface area contributed by atoms with Gasteiger partial charge >= 0.3 is 0 Å². The van der Waals surface area contributed by atoms with E-state index < -0.39 is 0 Å². The fraction of sp³-hybridized carbons (Fsp3) is 0.647. The average Bonchev–Trinajstić information content (AvgIpc) is 2.43. The molecule has 1 aliphatic heterocycles. The molecule has 2 atom stereocenters. The van der Waals surface area contributed by atoms with Crippen molar-refractivity contribution in [1.29, 1.82) is 0 Å². The molecule has 112 valence electrons. The largest absolute Gasteiger partial charge is 0.326 e. The van der Waals surface area contributed by atoms with Gasteiger partial charge in [-0.3, -0.25) is 4.90 Å². The summed E-state index contributed by atoms with van der Waals surface area (Å²) in [4.78, 5) is 2.58. The summed E-state index contributed by atoms with van der Waals surface area (Å²) < 4.78 is 1.13. The molecule has 2 unspecified atom stereocenters. The summed E-state index contributed by atoms with van der Waals surface area (Å²) in [6, 6.07) is 9.17. The number of halogens is 1. The highest BCUT2D eigenvalue weighted by Gasteiger charge is 2.28. The Morgan fingerprint density at radius 2 is 1.85 bits per heavy atom. The Morgan fingerprint density at radius 3 is 2.35 bits per heavy atom. The standard InChI is InChI=1S/C17H27BrN2/c1-3-4-14-9-11-20(12-10-14)17(13(2)19)15-5-7-16(18)8-6-15/h5-8,13-14,17H,3-4,9-12,19H2,1-2H3. The van der Waals surface area contributed by atoms with Gasteiger partial charge in [0.2, 0.25) is 0 Å². The number of hydrogen-bond donors (Lipinski definition) is 1. The van der Waals surface area contributed by atoms with E-state index in [9.17, 15) is 0 Å². The molecule has 1 aromatic carbocycles. The molecule has 1 aliphatic rings. The van der Waals surface area contributed by atoms with Crippen LogP contribution < -0.4 is 5.73 Å². The minimum absolute atomic E-state index is 0.166. The van der Waals surface area contributed by atoms with E-state index in [-0.39, 0.29) is 6.04 Å². The van der Waals surface area contributed by atoms with E-state index in [0.717, 1.165) is 10.4 Å². The lowest BCUT2D eigenvalue weighted by molar-refractivity contribution is 0.115. The summed E-state index contributed by atoms with van der Waals surface area (Å²) in [5.41, 5.74) is 7.62. The predicted molar refractivity (Wildman–Crippen MR) is 89.7 cm³/mol. The Bertz CT molecular complexity index is 394. The van der Waals surface area contributed by atoms with Crippen molar-refractivity contribution in [2.75, 3.05) is 13.1 Å². The molecule has 1 heterocycles. The second-order valence-electron chi connectivity index (χ2n) is 6.12. The van der Waals surface area contributed by atoms with Gasteiger partial charge < -0.3 is 5.73 Å². The highest BCUT2D eigenvalue weighted by atomic mass is 79.9. The number of nitrogens with two attached hydrogens (primary N) is 1. The van der Waals surface area contributed by atoms with Crippen molar-refractivity contribution in [3.8, 4) is 0 Å². The number of hydrogen-bond acceptors (Lipinski definition) is 2. The van der Waals surface area contributed by atoms with Crippen LogP contribution >= 0.6 is 15.9 Å². The van der Waals surface area contributed by atoms with Gasteiger partial charge in [0.1, 0.15) is 0 Å². The fourth-order valence-electron chi connectivity index (χ4n) is 3.43. The van der Waals surface area contributed by atoms with Gasteiger partial charge in [-0.15, -0.1) is 0 Å². The molecule has 1 aromatic rings. The number of likely N-dealkylation sites (tertiary alicyclic amines) is 1. The maximum absolute atomic E-state index is 6.28. The molecule has 2 nitrogen and oxygen atoms in total. The highest BCUT2D eigenvalue weighted by molar-refractivity contribution is 9.10. The first kappa shape index (κ1) is 16.0. The third-order valence-corrected chi connectivity index (χ3v) is 4.98. The Morgan fingerprint density at radius 1 is 1.25 bits per heavy atom. The quantitative estimate of drug-likeness (QED) is 0.864. The molecule has 2 rings (SSSR count). The van der Waals surface area contributed by atoms with Gasteiger partial charge in [0, 0.05) is 16.6 Å². The molecule has 0 spiro atoms. The van der Waals surface area contributed by atoms with E-state index in [2.05, 4.69) is 58.9 Å². The zero-order chi connectivity index (χ0) is 14.5. The SMILES string of the molecule is CCCC1CCN(C(c2ccc(Br)cc2)C(C)N)CC1. The molecule has 1 fully saturated rings. The van der Waals surface area contributed by atoms with E-state index in [1.54, 1.807) is 0 Å². The number of piperidine rings is 1. The van der Waals surface area contributed by atoms with Gasteiger partial charge in [0.05, 0.1) is 0 Å². The molecular formula is C17H27BrN2. The van der Waals surface area contributed by atoms with E-state index in [0.29, 0.717) is 6.04 Å². The third kappa shape index (κ3) is 4.06. The van der Waals surface area contributed by atoms with Gasteiger partial charge in [0.25, 0.3) is 0 Å². The van der Waals surface area contributed by atoms with Gasteiger partial charge in [-0.05, 0) is 56.5 Å². The zero-order valence-electron chi connectivity index (χ0n) is 12.7. The topological polar surface area (TPSA) is 29.3 Å². The van der Waals surface area contributed by atoms with Crippen LogP contribution in [-0.2, 0) is 0 Å². The summed E-state index contributed by atoms with van der Waals surface area (Å²) in [6.45, 7) is 6.80. The maximum Gasteiger partial charge on any atom is 0.0496 e. The number of nitrogens with zero attached hydrogens (tertiary/aromatic N) is 1. The average molecular weight is 339 g/mol. The molecule has 0 radical (unpaired) electrons. The first-order valence-electron chi connectivity index (χ1n) is 7.87. The summed E-state index contributed by atoms with van der Waals surface area (Å²) in [6.07, 6.45) is 5.35. The monoisotopic (exact) mass is 338 g/mol. The van der Waals surface area contributed by atoms with E-state index in [1.807, 2.05) is 0 Å². The van der Waals surface area contributed by atoms with E-state index >= 15 is 0 Å².